The van der Waals surface area contributed by atoms with Gasteiger partial charge in [0.25, 0.3) is 5.91 Å². The van der Waals surface area contributed by atoms with Gasteiger partial charge in [0.15, 0.2) is 5.76 Å². The molecule has 0 bridgehead atoms. The predicted octanol–water partition coefficient (Wildman–Crippen LogP) is 6.57. The quantitative estimate of drug-likeness (QED) is 0.205. The Morgan fingerprint density at radius 3 is 2.57 bits per heavy atom. The van der Waals surface area contributed by atoms with Crippen LogP contribution in [0, 0.1) is 0 Å². The van der Waals surface area contributed by atoms with Crippen LogP contribution < -0.4 is 10.6 Å². The Balaban J connectivity index is 1.50. The predicted molar refractivity (Wildman–Crippen MR) is 162 cm³/mol. The summed E-state index contributed by atoms with van der Waals surface area (Å²) in [5.74, 6) is -0.938. The number of nitrogens with zero attached hydrogens (tertiary/aromatic N) is 1. The topological polar surface area (TPSA) is 127 Å². The summed E-state index contributed by atoms with van der Waals surface area (Å²) < 4.78 is 16.0. The Morgan fingerprint density at radius 2 is 1.90 bits per heavy atom. The Kier molecular flexibility index (Phi) is 10.00. The molecule has 0 aliphatic carbocycles. The van der Waals surface area contributed by atoms with Gasteiger partial charge in [0.1, 0.15) is 10.6 Å². The van der Waals surface area contributed by atoms with E-state index in [1.165, 1.54) is 29.4 Å². The Hall–Kier alpha value is -3.77. The third-order valence-electron chi connectivity index (χ3n) is 6.20. The number of thioether (sulfide) groups is 1. The standard InChI is InChI=1S/C30H35N3O7S2/c1-6-22(41-19-11-8-10-18(16-19)31-25(34)21-12-9-15-39-21)26(35)32-27-24(28(36)38-7-2)20-13-14-33(17-23(20)42-27)29(37)40-30(3,4)5/h8-12,15-16,22H,6-7,13-14,17H2,1-5H3,(H,31,34)(H,32,35). The molecule has 1 aliphatic rings. The molecule has 3 heterocycles. The van der Waals surface area contributed by atoms with Crippen LogP contribution in [0.4, 0.5) is 15.5 Å². The molecule has 10 nitrogen and oxygen atoms in total. The van der Waals surface area contributed by atoms with Crippen molar-refractivity contribution in [3.8, 4) is 0 Å². The summed E-state index contributed by atoms with van der Waals surface area (Å²) in [6, 6.07) is 10.4. The second kappa shape index (κ2) is 13.5. The lowest BCUT2D eigenvalue weighted by atomic mass is 10.0. The molecule has 0 saturated carbocycles. The first-order valence-corrected chi connectivity index (χ1v) is 15.4. The van der Waals surface area contributed by atoms with Gasteiger partial charge in [-0.1, -0.05) is 13.0 Å². The van der Waals surface area contributed by atoms with Gasteiger partial charge < -0.3 is 29.4 Å². The maximum Gasteiger partial charge on any atom is 0.410 e. The molecule has 1 atom stereocenters. The first-order chi connectivity index (χ1) is 20.0. The Bertz CT molecular complexity index is 1440. The van der Waals surface area contributed by atoms with Gasteiger partial charge in [-0.2, -0.15) is 0 Å². The minimum atomic E-state index is -0.626. The lowest BCUT2D eigenvalue weighted by Crippen LogP contribution is -2.39. The van der Waals surface area contributed by atoms with Crippen molar-refractivity contribution in [2.75, 3.05) is 23.8 Å². The second-order valence-corrected chi connectivity index (χ2v) is 12.9. The summed E-state index contributed by atoms with van der Waals surface area (Å²) in [5, 5.41) is 5.69. The van der Waals surface area contributed by atoms with Gasteiger partial charge in [-0.3, -0.25) is 9.59 Å². The average Bonchev–Trinajstić information content (AvgIpc) is 3.59. The molecule has 224 valence electrons. The normalized spacial score (nSPS) is 13.6. The van der Waals surface area contributed by atoms with E-state index >= 15 is 0 Å². The van der Waals surface area contributed by atoms with Crippen LogP contribution in [0.5, 0.6) is 0 Å². The number of thiophene rings is 1. The van der Waals surface area contributed by atoms with Gasteiger partial charge in [0.05, 0.1) is 30.2 Å². The van der Waals surface area contributed by atoms with Crippen LogP contribution in [0.1, 0.15) is 72.4 Å². The zero-order valence-corrected chi connectivity index (χ0v) is 25.9. The molecule has 0 spiro atoms. The monoisotopic (exact) mass is 613 g/mol. The maximum atomic E-state index is 13.5. The van der Waals surface area contributed by atoms with Crippen LogP contribution in [-0.2, 0) is 27.2 Å². The van der Waals surface area contributed by atoms with Crippen molar-refractivity contribution in [1.29, 1.82) is 0 Å². The van der Waals surface area contributed by atoms with Gasteiger partial charge in [0.2, 0.25) is 5.91 Å². The number of rotatable bonds is 9. The van der Waals surface area contributed by atoms with E-state index in [0.717, 1.165) is 15.3 Å². The van der Waals surface area contributed by atoms with Crippen molar-refractivity contribution in [1.82, 2.24) is 4.90 Å². The third-order valence-corrected chi connectivity index (χ3v) is 8.69. The minimum absolute atomic E-state index is 0.196. The molecule has 2 aromatic heterocycles. The van der Waals surface area contributed by atoms with E-state index in [0.29, 0.717) is 35.6 Å². The molecule has 0 fully saturated rings. The highest BCUT2D eigenvalue weighted by molar-refractivity contribution is 8.00. The lowest BCUT2D eigenvalue weighted by Gasteiger charge is -2.30. The number of furan rings is 1. The number of benzene rings is 1. The number of carbonyl (C=O) groups is 4. The molecule has 1 aliphatic heterocycles. The molecule has 12 heteroatoms. The summed E-state index contributed by atoms with van der Waals surface area (Å²) in [4.78, 5) is 54.8. The zero-order chi connectivity index (χ0) is 30.4. The summed E-state index contributed by atoms with van der Waals surface area (Å²) in [6.07, 6.45) is 1.97. The fraction of sp³-hybridized carbons (Fsp3) is 0.400. The van der Waals surface area contributed by atoms with E-state index in [4.69, 9.17) is 13.9 Å². The van der Waals surface area contributed by atoms with Crippen molar-refractivity contribution >= 4 is 57.7 Å². The van der Waals surface area contributed by atoms with E-state index in [-0.39, 0.29) is 30.7 Å². The Labute approximate surface area is 253 Å². The minimum Gasteiger partial charge on any atom is -0.462 e. The molecule has 3 aromatic rings. The van der Waals surface area contributed by atoms with Crippen molar-refractivity contribution in [2.45, 2.75) is 69.8 Å². The van der Waals surface area contributed by atoms with E-state index in [1.807, 2.05) is 33.8 Å². The summed E-state index contributed by atoms with van der Waals surface area (Å²) in [5.41, 5.74) is 1.08. The van der Waals surface area contributed by atoms with Crippen molar-refractivity contribution < 1.29 is 33.1 Å². The molecule has 4 rings (SSSR count). The van der Waals surface area contributed by atoms with Gasteiger partial charge in [-0.15, -0.1) is 23.1 Å². The fourth-order valence-corrected chi connectivity index (χ4v) is 6.59. The lowest BCUT2D eigenvalue weighted by molar-refractivity contribution is -0.115. The SMILES string of the molecule is CCOC(=O)c1c(NC(=O)C(CC)Sc2cccc(NC(=O)c3ccco3)c2)sc2c1CCN(C(=O)OC(C)(C)C)C2. The largest absolute Gasteiger partial charge is 0.462 e. The highest BCUT2D eigenvalue weighted by Gasteiger charge is 2.33. The molecular formula is C30H35N3O7S2. The molecule has 1 unspecified atom stereocenters. The smallest absolute Gasteiger partial charge is 0.410 e. The zero-order valence-electron chi connectivity index (χ0n) is 24.3. The van der Waals surface area contributed by atoms with Crippen LogP contribution >= 0.6 is 23.1 Å². The molecule has 42 heavy (non-hydrogen) atoms. The number of esters is 1. The van der Waals surface area contributed by atoms with E-state index in [9.17, 15) is 19.2 Å². The maximum absolute atomic E-state index is 13.5. The Morgan fingerprint density at radius 1 is 1.12 bits per heavy atom. The summed E-state index contributed by atoms with van der Waals surface area (Å²) >= 11 is 2.63. The molecule has 0 saturated heterocycles. The third kappa shape index (κ3) is 7.74. The number of carbonyl (C=O) groups excluding carboxylic acids is 4. The van der Waals surface area contributed by atoms with E-state index < -0.39 is 22.9 Å². The summed E-state index contributed by atoms with van der Waals surface area (Å²) in [6.45, 7) is 9.94. The summed E-state index contributed by atoms with van der Waals surface area (Å²) in [7, 11) is 0. The number of anilines is 2. The number of hydrogen-bond donors (Lipinski definition) is 2. The van der Waals surface area contributed by atoms with Gasteiger partial charge in [-0.05, 0) is 76.4 Å². The van der Waals surface area contributed by atoms with Crippen LogP contribution in [0.15, 0.2) is 52.0 Å². The van der Waals surface area contributed by atoms with Crippen molar-refractivity contribution in [3.63, 3.8) is 0 Å². The number of fused-ring (bicyclic) bond motifs is 1. The molecule has 3 amide bonds. The van der Waals surface area contributed by atoms with Crippen LogP contribution in [0.25, 0.3) is 0 Å². The molecule has 1 aromatic carbocycles. The number of amides is 3. The van der Waals surface area contributed by atoms with Crippen LogP contribution in [0.2, 0.25) is 0 Å². The average molecular weight is 614 g/mol. The fourth-order valence-electron chi connectivity index (χ4n) is 4.32. The molecule has 0 radical (unpaired) electrons. The van der Waals surface area contributed by atoms with Crippen LogP contribution in [0.3, 0.4) is 0 Å². The van der Waals surface area contributed by atoms with Crippen LogP contribution in [-0.4, -0.2) is 52.8 Å². The van der Waals surface area contributed by atoms with Crippen molar-refractivity contribution in [3.05, 3.63) is 64.4 Å². The number of ether oxygens (including phenoxy) is 2. The van der Waals surface area contributed by atoms with E-state index in [2.05, 4.69) is 10.6 Å². The highest BCUT2D eigenvalue weighted by Crippen LogP contribution is 2.39. The van der Waals surface area contributed by atoms with E-state index in [1.54, 1.807) is 42.2 Å². The number of nitrogens with one attached hydrogen (secondary N) is 2. The highest BCUT2D eigenvalue weighted by atomic mass is 32.2. The second-order valence-electron chi connectivity index (χ2n) is 10.5. The first-order valence-electron chi connectivity index (χ1n) is 13.7. The van der Waals surface area contributed by atoms with Gasteiger partial charge in [-0.25, -0.2) is 9.59 Å². The number of hydrogen-bond acceptors (Lipinski definition) is 9. The first kappa shape index (κ1) is 31.2. The molecule has 2 N–H and O–H groups in total. The van der Waals surface area contributed by atoms with Gasteiger partial charge in [0, 0.05) is 22.0 Å². The van der Waals surface area contributed by atoms with Gasteiger partial charge >= 0.3 is 12.1 Å². The van der Waals surface area contributed by atoms with Crippen molar-refractivity contribution in [2.24, 2.45) is 0 Å². The molecular weight excluding hydrogens is 578 g/mol.